The molecule has 10 rings (SSSR count). The lowest BCUT2D eigenvalue weighted by Gasteiger charge is -2.34. The number of nitrogens with zero attached hydrogens (tertiary/aromatic N) is 1. The summed E-state index contributed by atoms with van der Waals surface area (Å²) >= 11 is 1.94. The van der Waals surface area contributed by atoms with E-state index >= 15 is 0 Å². The van der Waals surface area contributed by atoms with E-state index in [0.29, 0.717) is 0 Å². The third-order valence-corrected chi connectivity index (χ3v) is 13.5. The number of hydrogen-bond acceptors (Lipinski definition) is 2. The van der Waals surface area contributed by atoms with E-state index in [1.54, 1.807) is 0 Å². The summed E-state index contributed by atoms with van der Waals surface area (Å²) in [5, 5.41) is 2.60. The lowest BCUT2D eigenvalue weighted by Crippen LogP contribution is -2.29. The van der Waals surface area contributed by atoms with Gasteiger partial charge in [-0.1, -0.05) is 160 Å². The number of anilines is 3. The second kappa shape index (κ2) is 14.3. The zero-order valence-corrected chi connectivity index (χ0v) is 33.8. The van der Waals surface area contributed by atoms with Crippen molar-refractivity contribution in [3.63, 3.8) is 0 Å². The normalized spacial score (nSPS) is 17.5. The van der Waals surface area contributed by atoms with Crippen LogP contribution in [0.4, 0.5) is 17.1 Å². The molecule has 0 bridgehead atoms. The Labute approximate surface area is 341 Å². The molecule has 0 N–H and O–H groups in total. The Morgan fingerprint density at radius 2 is 1.37 bits per heavy atom. The van der Waals surface area contributed by atoms with E-state index in [4.69, 9.17) is 0 Å². The van der Waals surface area contributed by atoms with Crippen LogP contribution in [0.1, 0.15) is 61.9 Å². The van der Waals surface area contributed by atoms with Crippen LogP contribution in [-0.4, -0.2) is 0 Å². The molecule has 0 amide bonds. The predicted octanol–water partition coefficient (Wildman–Crippen LogP) is 15.2. The molecule has 1 atom stereocenters. The van der Waals surface area contributed by atoms with Crippen molar-refractivity contribution in [1.29, 1.82) is 0 Å². The van der Waals surface area contributed by atoms with Crippen LogP contribution in [0.15, 0.2) is 187 Å². The molecule has 0 aliphatic heterocycles. The molecule has 0 fully saturated rings. The van der Waals surface area contributed by atoms with Crippen LogP contribution in [0.2, 0.25) is 0 Å². The summed E-state index contributed by atoms with van der Waals surface area (Å²) < 4.78 is 2.64. The topological polar surface area (TPSA) is 3.24 Å². The summed E-state index contributed by atoms with van der Waals surface area (Å²) in [6.07, 6.45) is 25.0. The van der Waals surface area contributed by atoms with E-state index in [9.17, 15) is 0 Å². The monoisotopic (exact) mass is 751 g/mol. The Morgan fingerprint density at radius 1 is 0.649 bits per heavy atom. The molecular weight excluding hydrogens is 707 g/mol. The standard InChI is InChI=1S/C53H43NS.C2H2/c1-5-19-35(6-2)53(36-20-10-7-11-21-36)45-28-17-16-25-43(45)49-46(53)33-32-42-41-26-18-29-48(50(41)55-51(42)49)54(37-22-12-8-13-23-37)38-30-31-40-39-24-14-9-15-27-44(39)52(3,4)47(40)34-38;1-2/h5-8,10-34H,9H2,1-4H3;1-2H/b19-5-,35-6+;. The van der Waals surface area contributed by atoms with Crippen LogP contribution >= 0.6 is 11.3 Å². The van der Waals surface area contributed by atoms with Gasteiger partial charge in [0.2, 0.25) is 0 Å². The number of terminal acetylenes is 1. The van der Waals surface area contributed by atoms with Gasteiger partial charge >= 0.3 is 0 Å². The lowest BCUT2D eigenvalue weighted by atomic mass is 9.67. The van der Waals surface area contributed by atoms with Gasteiger partial charge in [0.1, 0.15) is 0 Å². The SMILES string of the molecule is C#C.C/C=C\C(=C/C)C1(c2ccccc2)c2ccccc2-c2c1ccc1c2sc2c(N(c3ccccc3)c3ccc4c(c3)C(C)(C)C3=C4C=CCC=C3)cccc21. The van der Waals surface area contributed by atoms with Gasteiger partial charge in [0.05, 0.1) is 15.8 Å². The van der Waals surface area contributed by atoms with Crippen molar-refractivity contribution < 1.29 is 0 Å². The molecule has 1 heterocycles. The van der Waals surface area contributed by atoms with Crippen molar-refractivity contribution >= 4 is 54.1 Å². The highest BCUT2D eigenvalue weighted by molar-refractivity contribution is 7.27. The third-order valence-electron chi connectivity index (χ3n) is 12.2. The van der Waals surface area contributed by atoms with Gasteiger partial charge < -0.3 is 4.90 Å². The molecule has 1 aromatic heterocycles. The van der Waals surface area contributed by atoms with E-state index in [0.717, 1.165) is 12.1 Å². The Balaban J connectivity index is 0.00000208. The van der Waals surface area contributed by atoms with E-state index in [1.807, 2.05) is 11.3 Å². The first-order chi connectivity index (χ1) is 28.0. The highest BCUT2D eigenvalue weighted by Gasteiger charge is 2.47. The summed E-state index contributed by atoms with van der Waals surface area (Å²) in [4.78, 5) is 2.48. The molecule has 1 unspecified atom stereocenters. The minimum absolute atomic E-state index is 0.101. The van der Waals surface area contributed by atoms with Gasteiger partial charge in [-0.25, -0.2) is 0 Å². The van der Waals surface area contributed by atoms with Gasteiger partial charge in [0.15, 0.2) is 0 Å². The summed E-state index contributed by atoms with van der Waals surface area (Å²) in [6.45, 7) is 9.07. The number of rotatable bonds is 6. The predicted molar refractivity (Wildman–Crippen MR) is 247 cm³/mol. The molecule has 3 aliphatic carbocycles. The third kappa shape index (κ3) is 5.30. The van der Waals surface area contributed by atoms with Gasteiger partial charge in [-0.05, 0) is 101 Å². The Hall–Kier alpha value is -6.40. The van der Waals surface area contributed by atoms with Gasteiger partial charge in [-0.3, -0.25) is 0 Å². The fourth-order valence-electron chi connectivity index (χ4n) is 9.85. The summed E-state index contributed by atoms with van der Waals surface area (Å²) in [6, 6.07) is 50.0. The second-order valence-electron chi connectivity index (χ2n) is 15.4. The average molecular weight is 752 g/mol. The van der Waals surface area contributed by atoms with Crippen LogP contribution in [0.5, 0.6) is 0 Å². The molecule has 3 aliphatic rings. The fourth-order valence-corrected chi connectivity index (χ4v) is 11.2. The smallest absolute Gasteiger partial charge is 0.0710 e. The first-order valence-electron chi connectivity index (χ1n) is 19.8. The summed E-state index contributed by atoms with van der Waals surface area (Å²) in [7, 11) is 0. The molecule has 2 heteroatoms. The lowest BCUT2D eigenvalue weighted by molar-refractivity contribution is 0.654. The minimum atomic E-state index is -0.425. The molecule has 276 valence electrons. The average Bonchev–Trinajstić information content (AvgIpc) is 3.75. The number of allylic oxidation sites excluding steroid dienone is 10. The summed E-state index contributed by atoms with van der Waals surface area (Å²) in [5.74, 6) is 0. The van der Waals surface area contributed by atoms with E-state index in [-0.39, 0.29) is 5.41 Å². The van der Waals surface area contributed by atoms with E-state index in [2.05, 4.69) is 221 Å². The molecule has 7 aromatic rings. The largest absolute Gasteiger partial charge is 0.309 e. The second-order valence-corrected chi connectivity index (χ2v) is 16.4. The zero-order chi connectivity index (χ0) is 39.3. The van der Waals surface area contributed by atoms with Crippen molar-refractivity contribution in [2.24, 2.45) is 0 Å². The first-order valence-corrected chi connectivity index (χ1v) is 20.6. The van der Waals surface area contributed by atoms with Gasteiger partial charge in [-0.2, -0.15) is 0 Å². The van der Waals surface area contributed by atoms with E-state index in [1.165, 1.54) is 87.2 Å². The maximum absolute atomic E-state index is 4.00. The minimum Gasteiger partial charge on any atom is -0.309 e. The first kappa shape index (κ1) is 36.3. The van der Waals surface area contributed by atoms with Crippen molar-refractivity contribution in [3.8, 4) is 24.0 Å². The van der Waals surface area contributed by atoms with Gasteiger partial charge in [0, 0.05) is 37.8 Å². The number of fused-ring (bicyclic) bond motifs is 9. The van der Waals surface area contributed by atoms with Crippen LogP contribution in [0.3, 0.4) is 0 Å². The fraction of sp³-hybridized carbons (Fsp3) is 0.127. The Morgan fingerprint density at radius 3 is 2.14 bits per heavy atom. The van der Waals surface area contributed by atoms with Crippen LogP contribution in [0.25, 0.3) is 36.9 Å². The number of benzene rings is 6. The molecular formula is C55H45NS. The highest BCUT2D eigenvalue weighted by atomic mass is 32.1. The van der Waals surface area contributed by atoms with Crippen LogP contribution < -0.4 is 4.90 Å². The van der Waals surface area contributed by atoms with Crippen LogP contribution in [-0.2, 0) is 10.8 Å². The van der Waals surface area contributed by atoms with Crippen LogP contribution in [0, 0.1) is 12.8 Å². The summed E-state index contributed by atoms with van der Waals surface area (Å²) in [5.41, 5.74) is 16.4. The van der Waals surface area contributed by atoms with E-state index < -0.39 is 5.41 Å². The molecule has 0 radical (unpaired) electrons. The molecule has 6 aromatic carbocycles. The molecule has 1 nitrogen and oxygen atoms in total. The molecule has 57 heavy (non-hydrogen) atoms. The quantitative estimate of drug-likeness (QED) is 0.121. The maximum Gasteiger partial charge on any atom is 0.0710 e. The van der Waals surface area contributed by atoms with Crippen molar-refractivity contribution in [3.05, 3.63) is 215 Å². The van der Waals surface area contributed by atoms with Crippen molar-refractivity contribution in [1.82, 2.24) is 0 Å². The number of thiophene rings is 1. The van der Waals surface area contributed by atoms with Crippen molar-refractivity contribution in [2.45, 2.75) is 44.9 Å². The Kier molecular flexibility index (Phi) is 9.08. The molecule has 0 saturated heterocycles. The zero-order valence-electron chi connectivity index (χ0n) is 33.0. The maximum atomic E-state index is 4.00. The number of hydrogen-bond donors (Lipinski definition) is 0. The molecule has 0 spiro atoms. The Bertz CT molecular complexity index is 2870. The van der Waals surface area contributed by atoms with Gasteiger partial charge in [0.25, 0.3) is 0 Å². The molecule has 0 saturated carbocycles. The number of para-hydroxylation sites is 1. The van der Waals surface area contributed by atoms with Gasteiger partial charge in [-0.15, -0.1) is 24.2 Å². The van der Waals surface area contributed by atoms with Crippen molar-refractivity contribution in [2.75, 3.05) is 4.90 Å². The highest BCUT2D eigenvalue weighted by Crippen LogP contribution is 2.60.